The van der Waals surface area contributed by atoms with Crippen molar-refractivity contribution < 1.29 is 31.1 Å². The van der Waals surface area contributed by atoms with Crippen LogP contribution in [0.1, 0.15) is 98.3 Å². The van der Waals surface area contributed by atoms with E-state index in [1.807, 2.05) is 0 Å². The molecule has 1 aliphatic carbocycles. The molecule has 0 aromatic heterocycles. The van der Waals surface area contributed by atoms with Crippen molar-refractivity contribution >= 4 is 9.84 Å². The van der Waals surface area contributed by atoms with Gasteiger partial charge in [0.1, 0.15) is 0 Å². The lowest BCUT2D eigenvalue weighted by molar-refractivity contribution is -0.387. The molecule has 1 aromatic carbocycles. The van der Waals surface area contributed by atoms with Crippen molar-refractivity contribution in [1.29, 1.82) is 0 Å². The zero-order valence-electron chi connectivity index (χ0n) is 23.8. The third-order valence-electron chi connectivity index (χ3n) is 7.73. The van der Waals surface area contributed by atoms with Gasteiger partial charge in [-0.15, -0.1) is 0 Å². The third-order valence-corrected chi connectivity index (χ3v) is 10.0. The first-order valence-corrected chi connectivity index (χ1v) is 15.6. The summed E-state index contributed by atoms with van der Waals surface area (Å²) in [4.78, 5) is -0.281. The normalized spacial score (nSPS) is 27.3. The van der Waals surface area contributed by atoms with Crippen LogP contribution in [0.4, 0.5) is 13.2 Å². The molecular weight excluding hydrogens is 525 g/mol. The number of alkyl halides is 3. The molecule has 8 heteroatoms. The fraction of sp³-hybridized carbons (Fsp3) is 0.677. The first-order valence-electron chi connectivity index (χ1n) is 14.1. The topological polar surface area (TPSA) is 52.6 Å². The summed E-state index contributed by atoms with van der Waals surface area (Å²) in [6, 6.07) is 7.17. The lowest BCUT2D eigenvalue weighted by atomic mass is 9.78. The Balaban J connectivity index is 2.40. The predicted octanol–water partition coefficient (Wildman–Crippen LogP) is 8.17. The van der Waals surface area contributed by atoms with E-state index in [1.54, 1.807) is 26.8 Å². The molecule has 2 atom stereocenters. The lowest BCUT2D eigenvalue weighted by Gasteiger charge is -2.41. The number of hydrogen-bond donors (Lipinski definition) is 0. The van der Waals surface area contributed by atoms with E-state index < -0.39 is 44.2 Å². The second-order valence-corrected chi connectivity index (χ2v) is 13.9. The van der Waals surface area contributed by atoms with Crippen molar-refractivity contribution in [2.75, 3.05) is 6.61 Å². The highest BCUT2D eigenvalue weighted by atomic mass is 32.2. The molecule has 1 saturated carbocycles. The minimum atomic E-state index is -5.23. The first-order chi connectivity index (χ1) is 18.2. The van der Waals surface area contributed by atoms with Crippen LogP contribution in [0.25, 0.3) is 0 Å². The van der Waals surface area contributed by atoms with E-state index in [-0.39, 0.29) is 23.3 Å². The van der Waals surface area contributed by atoms with E-state index in [0.29, 0.717) is 12.8 Å². The molecule has 0 unspecified atom stereocenters. The molecule has 0 N–H and O–H groups in total. The Morgan fingerprint density at radius 3 is 1.85 bits per heavy atom. The third kappa shape index (κ3) is 5.96. The average molecular weight is 569 g/mol. The summed E-state index contributed by atoms with van der Waals surface area (Å²) in [6.45, 7) is 10.3. The highest BCUT2D eigenvalue weighted by molar-refractivity contribution is 7.93. The monoisotopic (exact) mass is 568 g/mol. The van der Waals surface area contributed by atoms with Crippen LogP contribution in [0.2, 0.25) is 0 Å². The molecule has 1 aromatic rings. The van der Waals surface area contributed by atoms with E-state index in [2.05, 4.69) is 18.4 Å². The molecule has 0 radical (unpaired) electrons. The van der Waals surface area contributed by atoms with Crippen LogP contribution in [0.3, 0.4) is 0 Å². The van der Waals surface area contributed by atoms with E-state index in [9.17, 15) is 8.42 Å². The molecule has 0 amide bonds. The van der Waals surface area contributed by atoms with Crippen molar-refractivity contribution in [3.8, 4) is 11.8 Å². The van der Waals surface area contributed by atoms with Crippen LogP contribution in [-0.2, 0) is 19.3 Å². The molecular formula is C31H43F3O4S. The van der Waals surface area contributed by atoms with Crippen LogP contribution in [0.5, 0.6) is 0 Å². The number of sulfone groups is 1. The maximum absolute atomic E-state index is 15.5. The quantitative estimate of drug-likeness (QED) is 0.272. The fourth-order valence-corrected chi connectivity index (χ4v) is 7.94. The molecule has 39 heavy (non-hydrogen) atoms. The molecule has 1 saturated heterocycles. The molecule has 2 fully saturated rings. The Labute approximate surface area is 232 Å². The molecule has 4 nitrogen and oxygen atoms in total. The van der Waals surface area contributed by atoms with Crippen molar-refractivity contribution in [2.45, 2.75) is 126 Å². The van der Waals surface area contributed by atoms with Crippen LogP contribution in [-0.4, -0.2) is 37.3 Å². The van der Waals surface area contributed by atoms with E-state index in [0.717, 1.165) is 44.9 Å². The van der Waals surface area contributed by atoms with E-state index >= 15 is 13.2 Å². The number of rotatable bonds is 4. The summed E-state index contributed by atoms with van der Waals surface area (Å²) in [7, 11) is -4.85. The van der Waals surface area contributed by atoms with Gasteiger partial charge < -0.3 is 9.47 Å². The second kappa shape index (κ2) is 12.0. The molecule has 0 bridgehead atoms. The van der Waals surface area contributed by atoms with Crippen molar-refractivity contribution in [1.82, 2.24) is 0 Å². The summed E-state index contributed by atoms with van der Waals surface area (Å²) in [5.74, 6) is 1.95. The summed E-state index contributed by atoms with van der Waals surface area (Å²) >= 11 is 0. The molecule has 1 aliphatic heterocycles. The molecule has 2 aliphatic rings. The van der Waals surface area contributed by atoms with Gasteiger partial charge in [-0.05, 0) is 58.2 Å². The molecule has 3 rings (SSSR count). The summed E-state index contributed by atoms with van der Waals surface area (Å²) < 4.78 is 84.5. The Bertz CT molecular complexity index is 1150. The van der Waals surface area contributed by atoms with Gasteiger partial charge in [0.25, 0.3) is 0 Å². The Kier molecular flexibility index (Phi) is 9.73. The standard InChI is InChI=1S/C31H43F3O4S/c1-6-37-30(31(32,33)34)29(24-23-27(3,4)5,39(35,36)26-19-15-14-16-20-26)25(2)28(38-30)21-17-12-10-8-7-9-11-13-18-22-28/h14-16,19-20H,2,6-13,17-18,21-22H2,1,3-5H3/t29-,30+/m0/s1. The Morgan fingerprint density at radius 2 is 1.41 bits per heavy atom. The summed E-state index contributed by atoms with van der Waals surface area (Å²) in [6.07, 6.45) is 3.26. The van der Waals surface area contributed by atoms with Gasteiger partial charge in [-0.3, -0.25) is 0 Å². The molecule has 1 heterocycles. The second-order valence-electron chi connectivity index (χ2n) is 11.8. The lowest BCUT2D eigenvalue weighted by Crippen LogP contribution is -2.65. The van der Waals surface area contributed by atoms with Gasteiger partial charge in [-0.2, -0.15) is 13.2 Å². The van der Waals surface area contributed by atoms with Crippen molar-refractivity contribution in [3.05, 3.63) is 42.5 Å². The van der Waals surface area contributed by atoms with E-state index in [1.165, 1.54) is 31.2 Å². The first kappa shape index (κ1) is 31.7. The van der Waals surface area contributed by atoms with Gasteiger partial charge in [0, 0.05) is 12.0 Å². The largest absolute Gasteiger partial charge is 0.446 e. The zero-order valence-corrected chi connectivity index (χ0v) is 24.6. The van der Waals surface area contributed by atoms with Gasteiger partial charge in [0.15, 0.2) is 0 Å². The molecule has 218 valence electrons. The fourth-order valence-electron chi connectivity index (χ4n) is 5.81. The van der Waals surface area contributed by atoms with Gasteiger partial charge in [-0.25, -0.2) is 8.42 Å². The molecule has 1 spiro atoms. The highest BCUT2D eigenvalue weighted by Crippen LogP contribution is 2.63. The smallest absolute Gasteiger partial charge is 0.341 e. The number of benzene rings is 1. The minimum absolute atomic E-state index is 0.168. The van der Waals surface area contributed by atoms with Crippen molar-refractivity contribution in [3.63, 3.8) is 0 Å². The number of ether oxygens (including phenoxy) is 2. The van der Waals surface area contributed by atoms with Gasteiger partial charge in [0.05, 0.1) is 10.5 Å². The Morgan fingerprint density at radius 1 is 0.923 bits per heavy atom. The van der Waals surface area contributed by atoms with Crippen LogP contribution in [0.15, 0.2) is 47.4 Å². The summed E-state index contributed by atoms with van der Waals surface area (Å²) in [5, 5.41) is 0. The average Bonchev–Trinajstić information content (AvgIpc) is 3.07. The maximum Gasteiger partial charge on any atom is 0.446 e. The SMILES string of the molecule is C=C1C2(CCCCCCCCCCC2)O[C@@](OCC)(C(F)(F)F)[C@@]1(C#CC(C)(C)C)S(=O)(=O)c1ccccc1. The van der Waals surface area contributed by atoms with Crippen LogP contribution >= 0.6 is 0 Å². The van der Waals surface area contributed by atoms with Crippen molar-refractivity contribution in [2.24, 2.45) is 5.41 Å². The van der Waals surface area contributed by atoms with Gasteiger partial charge in [-0.1, -0.05) is 94.4 Å². The minimum Gasteiger partial charge on any atom is -0.341 e. The maximum atomic E-state index is 15.5. The van der Waals surface area contributed by atoms with Crippen LogP contribution in [0, 0.1) is 17.3 Å². The number of hydrogen-bond acceptors (Lipinski definition) is 4. The Hall–Kier alpha value is -1.82. The van der Waals surface area contributed by atoms with Gasteiger partial charge in [0.2, 0.25) is 14.6 Å². The van der Waals surface area contributed by atoms with E-state index in [4.69, 9.17) is 9.47 Å². The summed E-state index contributed by atoms with van der Waals surface area (Å²) in [5.41, 5.74) is -2.53. The van der Waals surface area contributed by atoms with Gasteiger partial charge >= 0.3 is 12.0 Å². The highest BCUT2D eigenvalue weighted by Gasteiger charge is 2.83. The number of halogens is 3. The zero-order chi connectivity index (χ0) is 29.0. The van der Waals surface area contributed by atoms with Crippen LogP contribution < -0.4 is 0 Å². The predicted molar refractivity (Wildman–Crippen MR) is 148 cm³/mol.